The molecule has 0 atom stereocenters. The Labute approximate surface area is 109 Å². The average molecular weight is 270 g/mol. The quantitative estimate of drug-likeness (QED) is 0.825. The van der Waals surface area contributed by atoms with Crippen LogP contribution in [0.15, 0.2) is 28.5 Å². The van der Waals surface area contributed by atoms with Crippen LogP contribution < -0.4 is 0 Å². The Balaban J connectivity index is 2.02. The largest absolute Gasteiger partial charge is 0.481 e. The van der Waals surface area contributed by atoms with Crippen molar-refractivity contribution in [3.63, 3.8) is 0 Å². The molecule has 0 fully saturated rings. The maximum atomic E-state index is 11.8. The van der Waals surface area contributed by atoms with E-state index in [0.29, 0.717) is 23.8 Å². The van der Waals surface area contributed by atoms with Crippen LogP contribution in [0.3, 0.4) is 0 Å². The fourth-order valence-electron chi connectivity index (χ4n) is 1.69. The molecule has 0 saturated heterocycles. The highest BCUT2D eigenvalue weighted by atomic mass is 35.5. The van der Waals surface area contributed by atoms with Crippen LogP contribution in [0.25, 0.3) is 0 Å². The Morgan fingerprint density at radius 1 is 1.50 bits per heavy atom. The van der Waals surface area contributed by atoms with Crippen LogP contribution in [0.5, 0.6) is 0 Å². The molecule has 18 heavy (non-hydrogen) atoms. The van der Waals surface area contributed by atoms with Crippen LogP contribution in [0.2, 0.25) is 0 Å². The molecule has 96 valence electrons. The fraction of sp³-hybridized carbons (Fsp3) is 0.364. The van der Waals surface area contributed by atoms with E-state index in [9.17, 15) is 9.59 Å². The number of amides is 1. The van der Waals surface area contributed by atoms with E-state index >= 15 is 0 Å². The highest BCUT2D eigenvalue weighted by Gasteiger charge is 2.25. The summed E-state index contributed by atoms with van der Waals surface area (Å²) < 4.78 is 0. The number of hydrogen-bond donors (Lipinski definition) is 1. The Morgan fingerprint density at radius 3 is 3.00 bits per heavy atom. The van der Waals surface area contributed by atoms with E-state index < -0.39 is 5.97 Å². The SMILES string of the molecule is O=C(O)CCCN1N=C2C=CC(Cl)=CN2CC1=O. The summed E-state index contributed by atoms with van der Waals surface area (Å²) in [4.78, 5) is 23.8. The van der Waals surface area contributed by atoms with E-state index in [2.05, 4.69) is 5.10 Å². The molecule has 0 aromatic rings. The van der Waals surface area contributed by atoms with Crippen molar-refractivity contribution in [2.75, 3.05) is 13.1 Å². The van der Waals surface area contributed by atoms with Gasteiger partial charge in [0.05, 0.1) is 5.03 Å². The highest BCUT2D eigenvalue weighted by Crippen LogP contribution is 2.17. The molecular weight excluding hydrogens is 258 g/mol. The first-order chi connectivity index (χ1) is 8.56. The summed E-state index contributed by atoms with van der Waals surface area (Å²) in [5, 5.41) is 14.6. The number of allylic oxidation sites excluding steroid dienone is 2. The van der Waals surface area contributed by atoms with Crippen LogP contribution in [-0.4, -0.2) is 45.8 Å². The molecule has 0 aromatic heterocycles. The summed E-state index contributed by atoms with van der Waals surface area (Å²) in [5.74, 6) is -0.407. The molecular formula is C11H12ClN3O3. The monoisotopic (exact) mass is 269 g/mol. The highest BCUT2D eigenvalue weighted by molar-refractivity contribution is 6.32. The van der Waals surface area contributed by atoms with Gasteiger partial charge in [-0.1, -0.05) is 11.6 Å². The van der Waals surface area contributed by atoms with Gasteiger partial charge in [0.25, 0.3) is 5.91 Å². The minimum atomic E-state index is -0.874. The third-order valence-electron chi connectivity index (χ3n) is 2.54. The van der Waals surface area contributed by atoms with Crippen LogP contribution in [-0.2, 0) is 9.59 Å². The number of nitrogens with zero attached hydrogens (tertiary/aromatic N) is 3. The van der Waals surface area contributed by atoms with Crippen molar-refractivity contribution >= 4 is 29.3 Å². The minimum Gasteiger partial charge on any atom is -0.481 e. The lowest BCUT2D eigenvalue weighted by molar-refractivity contribution is -0.138. The van der Waals surface area contributed by atoms with E-state index in [-0.39, 0.29) is 18.9 Å². The molecule has 1 N–H and O–H groups in total. The zero-order valence-corrected chi connectivity index (χ0v) is 10.3. The van der Waals surface area contributed by atoms with Gasteiger partial charge < -0.3 is 10.0 Å². The summed E-state index contributed by atoms with van der Waals surface area (Å²) >= 11 is 5.83. The van der Waals surface area contributed by atoms with Gasteiger partial charge in [-0.3, -0.25) is 9.59 Å². The van der Waals surface area contributed by atoms with Gasteiger partial charge in [-0.25, -0.2) is 5.01 Å². The maximum Gasteiger partial charge on any atom is 0.303 e. The Morgan fingerprint density at radius 2 is 2.28 bits per heavy atom. The van der Waals surface area contributed by atoms with Gasteiger partial charge >= 0.3 is 5.97 Å². The number of hydrogen-bond acceptors (Lipinski definition) is 4. The zero-order valence-electron chi connectivity index (χ0n) is 9.54. The second kappa shape index (κ2) is 5.22. The molecule has 0 unspecified atom stereocenters. The first-order valence-corrected chi connectivity index (χ1v) is 5.87. The molecule has 0 bridgehead atoms. The molecule has 1 amide bonds. The third kappa shape index (κ3) is 2.89. The van der Waals surface area contributed by atoms with Crippen molar-refractivity contribution in [2.45, 2.75) is 12.8 Å². The van der Waals surface area contributed by atoms with E-state index in [4.69, 9.17) is 16.7 Å². The van der Waals surface area contributed by atoms with E-state index in [1.807, 2.05) is 0 Å². The molecule has 0 spiro atoms. The van der Waals surface area contributed by atoms with Crippen molar-refractivity contribution in [3.05, 3.63) is 23.4 Å². The lowest BCUT2D eigenvalue weighted by Crippen LogP contribution is -2.45. The predicted octanol–water partition coefficient (Wildman–Crippen LogP) is 0.959. The molecule has 0 radical (unpaired) electrons. The second-order valence-electron chi connectivity index (χ2n) is 3.95. The first-order valence-electron chi connectivity index (χ1n) is 5.49. The Hall–Kier alpha value is -1.82. The molecule has 0 aromatic carbocycles. The standard InChI is InChI=1S/C11H12ClN3O3/c12-8-3-4-9-13-15(5-1-2-11(17)18)10(16)7-14(9)6-8/h3-4,6H,1-2,5,7H2,(H,17,18). The molecule has 2 rings (SSSR count). The number of fused-ring (bicyclic) bond motifs is 1. The number of carboxylic acid groups (broad SMARTS) is 1. The summed E-state index contributed by atoms with van der Waals surface area (Å²) in [5.41, 5.74) is 0. The van der Waals surface area contributed by atoms with E-state index in [1.165, 1.54) is 5.01 Å². The van der Waals surface area contributed by atoms with Gasteiger partial charge in [0, 0.05) is 19.2 Å². The van der Waals surface area contributed by atoms with E-state index in [0.717, 1.165) is 0 Å². The van der Waals surface area contributed by atoms with Gasteiger partial charge in [-0.2, -0.15) is 5.10 Å². The summed E-state index contributed by atoms with van der Waals surface area (Å²) in [6, 6.07) is 0. The van der Waals surface area contributed by atoms with Crippen LogP contribution >= 0.6 is 11.6 Å². The molecule has 7 heteroatoms. The Kier molecular flexibility index (Phi) is 3.66. The number of carboxylic acids is 1. The number of hydrazone groups is 1. The van der Waals surface area contributed by atoms with Gasteiger partial charge in [0.1, 0.15) is 6.54 Å². The van der Waals surface area contributed by atoms with Gasteiger partial charge in [-0.05, 0) is 18.6 Å². The topological polar surface area (TPSA) is 73.2 Å². The average Bonchev–Trinajstić information content (AvgIpc) is 2.29. The molecule has 6 nitrogen and oxygen atoms in total. The lowest BCUT2D eigenvalue weighted by Gasteiger charge is -2.31. The van der Waals surface area contributed by atoms with Crippen molar-refractivity contribution in [2.24, 2.45) is 5.10 Å². The molecule has 0 aliphatic carbocycles. The van der Waals surface area contributed by atoms with Gasteiger partial charge in [0.2, 0.25) is 0 Å². The summed E-state index contributed by atoms with van der Waals surface area (Å²) in [6.45, 7) is 0.486. The summed E-state index contributed by atoms with van der Waals surface area (Å²) in [6.07, 6.45) is 5.48. The van der Waals surface area contributed by atoms with Crippen molar-refractivity contribution in [1.29, 1.82) is 0 Å². The first kappa shape index (κ1) is 12.6. The molecule has 2 aliphatic heterocycles. The number of amidine groups is 1. The number of carbonyl (C=O) groups is 2. The van der Waals surface area contributed by atoms with Crippen molar-refractivity contribution < 1.29 is 14.7 Å². The van der Waals surface area contributed by atoms with Crippen LogP contribution in [0.4, 0.5) is 0 Å². The number of carbonyl (C=O) groups excluding carboxylic acids is 1. The second-order valence-corrected chi connectivity index (χ2v) is 4.38. The zero-order chi connectivity index (χ0) is 13.1. The molecule has 2 heterocycles. The van der Waals surface area contributed by atoms with Gasteiger partial charge in [-0.15, -0.1) is 0 Å². The third-order valence-corrected chi connectivity index (χ3v) is 2.77. The van der Waals surface area contributed by atoms with Crippen LogP contribution in [0, 0.1) is 0 Å². The molecule has 2 aliphatic rings. The van der Waals surface area contributed by atoms with Crippen molar-refractivity contribution in [1.82, 2.24) is 9.91 Å². The van der Waals surface area contributed by atoms with Crippen molar-refractivity contribution in [3.8, 4) is 0 Å². The minimum absolute atomic E-state index is 0.0277. The molecule has 0 saturated carbocycles. The lowest BCUT2D eigenvalue weighted by atomic mass is 10.2. The Bertz CT molecular complexity index is 470. The van der Waals surface area contributed by atoms with Crippen LogP contribution in [0.1, 0.15) is 12.8 Å². The normalized spacial score (nSPS) is 18.4. The number of halogens is 1. The fourth-order valence-corrected chi connectivity index (χ4v) is 1.87. The number of aliphatic carboxylic acids is 1. The van der Waals surface area contributed by atoms with E-state index in [1.54, 1.807) is 23.3 Å². The maximum absolute atomic E-state index is 11.8. The number of rotatable bonds is 4. The van der Waals surface area contributed by atoms with Gasteiger partial charge in [0.15, 0.2) is 5.84 Å². The smallest absolute Gasteiger partial charge is 0.303 e. The predicted molar refractivity (Wildman–Crippen MR) is 65.8 cm³/mol. The summed E-state index contributed by atoms with van der Waals surface area (Å²) in [7, 11) is 0.